The molecule has 0 aliphatic carbocycles. The molecule has 1 saturated heterocycles. The number of carbonyl (C=O) groups excluding carboxylic acids is 2. The summed E-state index contributed by atoms with van der Waals surface area (Å²) in [6.07, 6.45) is 1.61. The standard InChI is InChI=1S/C26H23N5O4S/c32-17-12-15(13-27-14-17)29-24(33)23-22-21-20(10-11-28-25(21)36-23)31(26(34)30-22)16-6-8-19(9-7-16)35-18-4-2-1-3-5-18/h1-11,15,17,27,32H,12-14H2,(H,29,33)(H,30,34)/t15-,17-/m1/s1. The van der Waals surface area contributed by atoms with Gasteiger partial charge in [-0.25, -0.2) is 9.78 Å². The minimum Gasteiger partial charge on any atom is -0.457 e. The second-order valence-corrected chi connectivity index (χ2v) is 9.71. The van der Waals surface area contributed by atoms with Gasteiger partial charge in [-0.15, -0.1) is 11.3 Å². The zero-order valence-electron chi connectivity index (χ0n) is 19.1. The van der Waals surface area contributed by atoms with Gasteiger partial charge in [0.25, 0.3) is 5.91 Å². The Morgan fingerprint density at radius 2 is 1.86 bits per heavy atom. The average molecular weight is 502 g/mol. The number of urea groups is 1. The lowest BCUT2D eigenvalue weighted by atomic mass is 10.0. The number of nitrogens with one attached hydrogen (secondary N) is 3. The summed E-state index contributed by atoms with van der Waals surface area (Å²) in [4.78, 5) is 33.5. The number of anilines is 3. The molecular weight excluding hydrogens is 478 g/mol. The van der Waals surface area contributed by atoms with Crippen LogP contribution in [-0.2, 0) is 0 Å². The Morgan fingerprint density at radius 3 is 2.64 bits per heavy atom. The fourth-order valence-electron chi connectivity index (χ4n) is 4.57. The maximum atomic E-state index is 13.3. The number of piperidine rings is 1. The van der Waals surface area contributed by atoms with E-state index in [1.165, 1.54) is 11.3 Å². The van der Waals surface area contributed by atoms with Gasteiger partial charge in [-0.05, 0) is 48.9 Å². The monoisotopic (exact) mass is 501 g/mol. The summed E-state index contributed by atoms with van der Waals surface area (Å²) in [5.74, 6) is 1.08. The largest absolute Gasteiger partial charge is 0.457 e. The summed E-state index contributed by atoms with van der Waals surface area (Å²) < 4.78 is 5.87. The molecule has 10 heteroatoms. The number of aliphatic hydroxyl groups excluding tert-OH is 1. The summed E-state index contributed by atoms with van der Waals surface area (Å²) in [6, 6.07) is 17.9. The van der Waals surface area contributed by atoms with Gasteiger partial charge in [0.05, 0.1) is 28.6 Å². The fraction of sp³-hybridized carbons (Fsp3) is 0.192. The van der Waals surface area contributed by atoms with E-state index in [0.717, 1.165) is 11.1 Å². The number of carbonyl (C=O) groups is 2. The highest BCUT2D eigenvalue weighted by atomic mass is 32.1. The number of ether oxygens (including phenoxy) is 1. The van der Waals surface area contributed by atoms with Crippen LogP contribution in [0.4, 0.5) is 21.9 Å². The van der Waals surface area contributed by atoms with Crippen molar-refractivity contribution >= 4 is 50.6 Å². The number of pyridine rings is 1. The van der Waals surface area contributed by atoms with Crippen LogP contribution in [0.3, 0.4) is 0 Å². The molecule has 0 saturated carbocycles. The van der Waals surface area contributed by atoms with Crippen LogP contribution >= 0.6 is 11.3 Å². The van der Waals surface area contributed by atoms with Crippen molar-refractivity contribution in [2.24, 2.45) is 0 Å². The molecule has 0 radical (unpaired) electrons. The number of hydrogen-bond acceptors (Lipinski definition) is 7. The van der Waals surface area contributed by atoms with Crippen molar-refractivity contribution in [2.75, 3.05) is 23.3 Å². The number of thiophene rings is 1. The Morgan fingerprint density at radius 1 is 1.08 bits per heavy atom. The topological polar surface area (TPSA) is 116 Å². The first-order valence-corrected chi connectivity index (χ1v) is 12.4. The summed E-state index contributed by atoms with van der Waals surface area (Å²) >= 11 is 1.24. The van der Waals surface area contributed by atoms with Crippen LogP contribution in [0.5, 0.6) is 11.5 Å². The van der Waals surface area contributed by atoms with E-state index in [1.807, 2.05) is 54.6 Å². The van der Waals surface area contributed by atoms with Crippen LogP contribution in [0.25, 0.3) is 10.2 Å². The number of amides is 3. The number of para-hydroxylation sites is 1. The maximum absolute atomic E-state index is 13.3. The van der Waals surface area contributed by atoms with E-state index < -0.39 is 6.10 Å². The van der Waals surface area contributed by atoms with Crippen LogP contribution < -0.4 is 25.6 Å². The third-order valence-electron chi connectivity index (χ3n) is 6.19. The Balaban J connectivity index is 1.30. The lowest BCUT2D eigenvalue weighted by Gasteiger charge is -2.29. The summed E-state index contributed by atoms with van der Waals surface area (Å²) in [5.41, 5.74) is 1.77. The molecule has 2 atom stereocenters. The molecule has 0 bridgehead atoms. The van der Waals surface area contributed by atoms with Gasteiger partial charge < -0.3 is 25.8 Å². The molecule has 3 amide bonds. The first kappa shape index (κ1) is 22.5. The second kappa shape index (κ2) is 9.23. The van der Waals surface area contributed by atoms with Crippen LogP contribution in [0.2, 0.25) is 0 Å². The predicted molar refractivity (Wildman–Crippen MR) is 138 cm³/mol. The second-order valence-electron chi connectivity index (χ2n) is 8.71. The van der Waals surface area contributed by atoms with Crippen LogP contribution in [0.1, 0.15) is 16.1 Å². The van der Waals surface area contributed by atoms with E-state index in [4.69, 9.17) is 4.74 Å². The molecular formula is C26H23N5O4S. The van der Waals surface area contributed by atoms with Gasteiger partial charge in [0.15, 0.2) is 0 Å². The van der Waals surface area contributed by atoms with Gasteiger partial charge in [0.1, 0.15) is 21.2 Å². The molecule has 2 aromatic carbocycles. The molecule has 2 aliphatic rings. The van der Waals surface area contributed by atoms with E-state index in [-0.39, 0.29) is 18.0 Å². The highest BCUT2D eigenvalue weighted by molar-refractivity contribution is 7.21. The molecule has 4 N–H and O–H groups in total. The van der Waals surface area contributed by atoms with Crippen molar-refractivity contribution in [1.29, 1.82) is 0 Å². The van der Waals surface area contributed by atoms with E-state index in [0.29, 0.717) is 52.0 Å². The van der Waals surface area contributed by atoms with Gasteiger partial charge in [0.2, 0.25) is 0 Å². The van der Waals surface area contributed by atoms with Gasteiger partial charge in [-0.1, -0.05) is 18.2 Å². The van der Waals surface area contributed by atoms with Crippen molar-refractivity contribution in [3.8, 4) is 11.5 Å². The van der Waals surface area contributed by atoms with Crippen molar-refractivity contribution in [3.05, 3.63) is 71.7 Å². The van der Waals surface area contributed by atoms with Gasteiger partial charge in [0, 0.05) is 25.3 Å². The molecule has 2 aliphatic heterocycles. The molecule has 4 heterocycles. The number of aromatic nitrogens is 1. The first-order valence-electron chi connectivity index (χ1n) is 11.6. The number of hydrogen-bond donors (Lipinski definition) is 4. The fourth-order valence-corrected chi connectivity index (χ4v) is 5.59. The van der Waals surface area contributed by atoms with Crippen molar-refractivity contribution in [3.63, 3.8) is 0 Å². The van der Waals surface area contributed by atoms with Gasteiger partial charge >= 0.3 is 6.03 Å². The number of benzene rings is 2. The Hall–Kier alpha value is -3.99. The minimum atomic E-state index is -0.504. The highest BCUT2D eigenvalue weighted by Crippen LogP contribution is 2.45. The summed E-state index contributed by atoms with van der Waals surface area (Å²) in [6.45, 7) is 1.09. The van der Waals surface area contributed by atoms with Crippen LogP contribution in [-0.4, -0.2) is 47.3 Å². The van der Waals surface area contributed by atoms with Gasteiger partial charge in [-0.2, -0.15) is 0 Å². The lowest BCUT2D eigenvalue weighted by Crippen LogP contribution is -2.50. The number of nitrogens with zero attached hydrogens (tertiary/aromatic N) is 2. The molecule has 36 heavy (non-hydrogen) atoms. The third-order valence-corrected chi connectivity index (χ3v) is 7.29. The average Bonchev–Trinajstić information content (AvgIpc) is 3.25. The number of β-amino-alcohol motifs (C(OH)–C–C–N with tert-alkyl or cyclic N) is 1. The normalized spacial score (nSPS) is 19.1. The summed E-state index contributed by atoms with van der Waals surface area (Å²) in [5, 5.41) is 19.6. The minimum absolute atomic E-state index is 0.196. The van der Waals surface area contributed by atoms with E-state index in [9.17, 15) is 14.7 Å². The van der Waals surface area contributed by atoms with Crippen LogP contribution in [0.15, 0.2) is 66.9 Å². The Labute approximate surface area is 210 Å². The third kappa shape index (κ3) is 4.15. The lowest BCUT2D eigenvalue weighted by molar-refractivity contribution is 0.0881. The van der Waals surface area contributed by atoms with Crippen molar-refractivity contribution < 1.29 is 19.4 Å². The molecule has 6 rings (SSSR count). The van der Waals surface area contributed by atoms with Crippen molar-refractivity contribution in [2.45, 2.75) is 18.6 Å². The summed E-state index contributed by atoms with van der Waals surface area (Å²) in [7, 11) is 0. The highest BCUT2D eigenvalue weighted by Gasteiger charge is 2.33. The SMILES string of the molecule is O=C(N[C@H]1CNC[C@H](O)C1)c1sc2nccc3c2c1NC(=O)N3c1ccc(Oc2ccccc2)cc1. The quantitative estimate of drug-likeness (QED) is 0.325. The van der Waals surface area contributed by atoms with E-state index >= 15 is 0 Å². The van der Waals surface area contributed by atoms with E-state index in [1.54, 1.807) is 17.2 Å². The van der Waals surface area contributed by atoms with Crippen LogP contribution in [0, 0.1) is 0 Å². The molecule has 0 spiro atoms. The predicted octanol–water partition coefficient (Wildman–Crippen LogP) is 4.22. The van der Waals surface area contributed by atoms with E-state index in [2.05, 4.69) is 20.9 Å². The first-order chi connectivity index (χ1) is 17.6. The zero-order chi connectivity index (χ0) is 24.6. The zero-order valence-corrected chi connectivity index (χ0v) is 19.9. The molecule has 9 nitrogen and oxygen atoms in total. The van der Waals surface area contributed by atoms with Crippen molar-refractivity contribution in [1.82, 2.24) is 15.6 Å². The maximum Gasteiger partial charge on any atom is 0.331 e. The number of aliphatic hydroxyl groups is 1. The molecule has 182 valence electrons. The Bertz CT molecular complexity index is 1440. The number of rotatable bonds is 5. The van der Waals surface area contributed by atoms with Gasteiger partial charge in [-0.3, -0.25) is 9.69 Å². The molecule has 2 aromatic heterocycles. The molecule has 0 unspecified atom stereocenters. The Kier molecular flexibility index (Phi) is 5.76. The molecule has 1 fully saturated rings. The molecule has 4 aromatic rings. The smallest absolute Gasteiger partial charge is 0.331 e.